The molecule has 0 saturated carbocycles. The average Bonchev–Trinajstić information content (AvgIpc) is 3.41. The van der Waals surface area contributed by atoms with Gasteiger partial charge in [0.1, 0.15) is 24.2 Å². The number of likely N-dealkylation sites (N-methyl/N-ethyl adjacent to an activating group) is 1. The van der Waals surface area contributed by atoms with Gasteiger partial charge < -0.3 is 58.3 Å². The maximum absolute atomic E-state index is 12.8. The summed E-state index contributed by atoms with van der Waals surface area (Å²) in [5, 5.41) is 39.9. The van der Waals surface area contributed by atoms with Crippen molar-refractivity contribution in [2.45, 2.75) is 56.3 Å². The van der Waals surface area contributed by atoms with Gasteiger partial charge in [0.05, 0.1) is 26.1 Å². The number of likely N-dealkylation sites (tertiary alicyclic amines) is 1. The summed E-state index contributed by atoms with van der Waals surface area (Å²) < 4.78 is 0. The van der Waals surface area contributed by atoms with E-state index in [4.69, 9.17) is 11.5 Å². The fraction of sp³-hybridized carbons (Fsp3) is 0.652. The SMILES string of the molecule is CNCC(=O)N[C@H](CCCN=C(N)N)C(=O)NCC(=O)N[C@H](CC(=O)O)C(=O)N[C@@H](CO)C(=O)N1CCC[C@H]1C(=O)O. The van der Waals surface area contributed by atoms with Crippen LogP contribution in [0.25, 0.3) is 0 Å². The summed E-state index contributed by atoms with van der Waals surface area (Å²) >= 11 is 0. The third kappa shape index (κ3) is 12.3. The molecule has 1 aliphatic rings. The van der Waals surface area contributed by atoms with Crippen LogP contribution in [0.1, 0.15) is 32.1 Å². The number of nitrogens with two attached hydrogens (primary N) is 2. The molecule has 236 valence electrons. The van der Waals surface area contributed by atoms with E-state index in [0.29, 0.717) is 12.8 Å². The largest absolute Gasteiger partial charge is 0.481 e. The molecule has 0 unspecified atom stereocenters. The Morgan fingerprint density at radius 2 is 1.57 bits per heavy atom. The predicted molar refractivity (Wildman–Crippen MR) is 144 cm³/mol. The minimum atomic E-state index is -1.71. The second-order valence-electron chi connectivity index (χ2n) is 9.31. The van der Waals surface area contributed by atoms with E-state index in [1.54, 1.807) is 0 Å². The van der Waals surface area contributed by atoms with E-state index < -0.39 is 85.2 Å². The van der Waals surface area contributed by atoms with Crippen LogP contribution < -0.4 is 38.1 Å². The molecule has 1 rings (SSSR count). The number of nitrogens with one attached hydrogen (secondary N) is 5. The number of aliphatic carboxylic acids is 2. The summed E-state index contributed by atoms with van der Waals surface area (Å²) in [6.07, 6.45) is 0.0898. The van der Waals surface area contributed by atoms with E-state index in [1.807, 2.05) is 0 Å². The minimum absolute atomic E-state index is 0.0852. The van der Waals surface area contributed by atoms with Crippen LogP contribution in [0, 0.1) is 0 Å². The number of carbonyl (C=O) groups is 7. The quantitative estimate of drug-likeness (QED) is 0.0398. The average molecular weight is 602 g/mol. The van der Waals surface area contributed by atoms with Crippen LogP contribution in [-0.4, -0.2) is 132 Å². The van der Waals surface area contributed by atoms with Crippen LogP contribution in [0.2, 0.25) is 0 Å². The number of hydrogen-bond donors (Lipinski definition) is 10. The van der Waals surface area contributed by atoms with Crippen molar-refractivity contribution in [2.24, 2.45) is 16.5 Å². The molecule has 0 aliphatic carbocycles. The van der Waals surface area contributed by atoms with Crippen molar-refractivity contribution in [2.75, 3.05) is 39.8 Å². The van der Waals surface area contributed by atoms with Gasteiger partial charge in [0.25, 0.3) is 0 Å². The first-order valence-electron chi connectivity index (χ1n) is 13.0. The van der Waals surface area contributed by atoms with Crippen LogP contribution in [0.5, 0.6) is 0 Å². The summed E-state index contributed by atoms with van der Waals surface area (Å²) in [5.74, 6) is -7.11. The number of rotatable bonds is 18. The van der Waals surface area contributed by atoms with Crippen molar-refractivity contribution in [1.29, 1.82) is 0 Å². The van der Waals surface area contributed by atoms with E-state index in [9.17, 15) is 48.9 Å². The normalized spacial score (nSPS) is 16.3. The molecular formula is C23H39N9O10. The lowest BCUT2D eigenvalue weighted by Gasteiger charge is -2.27. The summed E-state index contributed by atoms with van der Waals surface area (Å²) in [4.78, 5) is 90.2. The highest BCUT2D eigenvalue weighted by Gasteiger charge is 2.38. The van der Waals surface area contributed by atoms with E-state index in [1.165, 1.54) is 7.05 Å². The molecule has 0 aromatic rings. The zero-order valence-corrected chi connectivity index (χ0v) is 23.1. The zero-order chi connectivity index (χ0) is 31.8. The molecule has 1 heterocycles. The van der Waals surface area contributed by atoms with Crippen molar-refractivity contribution in [3.05, 3.63) is 0 Å². The third-order valence-electron chi connectivity index (χ3n) is 6.01. The van der Waals surface area contributed by atoms with Gasteiger partial charge in [-0.3, -0.25) is 33.8 Å². The molecule has 0 radical (unpaired) electrons. The lowest BCUT2D eigenvalue weighted by molar-refractivity contribution is -0.150. The monoisotopic (exact) mass is 601 g/mol. The molecule has 1 aliphatic heterocycles. The minimum Gasteiger partial charge on any atom is -0.481 e. The highest BCUT2D eigenvalue weighted by molar-refractivity contribution is 5.96. The smallest absolute Gasteiger partial charge is 0.326 e. The highest BCUT2D eigenvalue weighted by Crippen LogP contribution is 2.18. The topological polar surface area (TPSA) is 308 Å². The fourth-order valence-electron chi connectivity index (χ4n) is 4.04. The number of aliphatic hydroxyl groups is 1. The Morgan fingerprint density at radius 3 is 2.14 bits per heavy atom. The van der Waals surface area contributed by atoms with Crippen molar-refractivity contribution in [3.8, 4) is 0 Å². The molecule has 0 aromatic heterocycles. The number of aliphatic hydroxyl groups excluding tert-OH is 1. The van der Waals surface area contributed by atoms with Gasteiger partial charge in [-0.1, -0.05) is 0 Å². The summed E-state index contributed by atoms with van der Waals surface area (Å²) in [7, 11) is 1.53. The van der Waals surface area contributed by atoms with E-state index >= 15 is 0 Å². The van der Waals surface area contributed by atoms with Crippen LogP contribution in [0.15, 0.2) is 4.99 Å². The lowest BCUT2D eigenvalue weighted by atomic mass is 10.1. The molecule has 12 N–H and O–H groups in total. The van der Waals surface area contributed by atoms with Gasteiger partial charge in [-0.2, -0.15) is 0 Å². The van der Waals surface area contributed by atoms with E-state index in [2.05, 4.69) is 31.6 Å². The Morgan fingerprint density at radius 1 is 0.929 bits per heavy atom. The summed E-state index contributed by atoms with van der Waals surface area (Å²) in [6.45, 7) is -1.45. The predicted octanol–water partition coefficient (Wildman–Crippen LogP) is -5.63. The Balaban J connectivity index is 2.83. The van der Waals surface area contributed by atoms with Gasteiger partial charge in [0, 0.05) is 13.1 Å². The van der Waals surface area contributed by atoms with Gasteiger partial charge >= 0.3 is 11.9 Å². The van der Waals surface area contributed by atoms with Crippen molar-refractivity contribution < 1.29 is 48.9 Å². The second-order valence-corrected chi connectivity index (χ2v) is 9.31. The number of carboxylic acids is 2. The Kier molecular flexibility index (Phi) is 15.2. The molecule has 0 aromatic carbocycles. The van der Waals surface area contributed by atoms with Crippen LogP contribution >= 0.6 is 0 Å². The maximum Gasteiger partial charge on any atom is 0.326 e. The molecule has 5 amide bonds. The van der Waals surface area contributed by atoms with Gasteiger partial charge in [-0.05, 0) is 32.7 Å². The number of aliphatic imine (C=N–C) groups is 1. The molecule has 19 nitrogen and oxygen atoms in total. The molecule has 1 saturated heterocycles. The van der Waals surface area contributed by atoms with Gasteiger partial charge in [0.2, 0.25) is 29.5 Å². The number of hydrogen-bond acceptors (Lipinski definition) is 10. The van der Waals surface area contributed by atoms with E-state index in [-0.39, 0.29) is 38.4 Å². The Labute approximate surface area is 240 Å². The first-order chi connectivity index (χ1) is 19.8. The standard InChI is InChI=1S/C23H39N9O10/c1-26-9-16(34)29-12(4-2-6-27-23(24)25)19(38)28-10-17(35)30-13(8-18(36)37)20(39)31-14(11-33)21(40)32-7-3-5-15(32)22(41)42/h12-15,26,33H,2-11H2,1H3,(H,28,38)(H,29,34)(H,30,35)(H,31,39)(H,36,37)(H,41,42)(H4,24,25,27)/t12-,13-,14+,15+/m1/s1. The molecule has 19 heteroatoms. The number of carboxylic acid groups (broad SMARTS) is 2. The van der Waals surface area contributed by atoms with Gasteiger partial charge in [0.15, 0.2) is 5.96 Å². The Bertz CT molecular complexity index is 1030. The van der Waals surface area contributed by atoms with Crippen molar-refractivity contribution in [3.63, 3.8) is 0 Å². The summed E-state index contributed by atoms with van der Waals surface area (Å²) in [5.41, 5.74) is 10.5. The number of amides is 5. The van der Waals surface area contributed by atoms with Crippen molar-refractivity contribution in [1.82, 2.24) is 31.5 Å². The van der Waals surface area contributed by atoms with Crippen LogP contribution in [-0.2, 0) is 33.6 Å². The molecule has 0 spiro atoms. The number of guanidine groups is 1. The first kappa shape index (κ1) is 35.5. The fourth-order valence-corrected chi connectivity index (χ4v) is 4.04. The zero-order valence-electron chi connectivity index (χ0n) is 23.1. The number of nitrogens with zero attached hydrogens (tertiary/aromatic N) is 2. The molecule has 4 atom stereocenters. The molecule has 1 fully saturated rings. The molecule has 42 heavy (non-hydrogen) atoms. The number of carbonyl (C=O) groups excluding carboxylic acids is 5. The molecular weight excluding hydrogens is 562 g/mol. The lowest BCUT2D eigenvalue weighted by Crippen LogP contribution is -2.58. The van der Waals surface area contributed by atoms with Crippen molar-refractivity contribution >= 4 is 47.4 Å². The molecule has 0 bridgehead atoms. The van der Waals surface area contributed by atoms with Crippen LogP contribution in [0.4, 0.5) is 0 Å². The second kappa shape index (κ2) is 18.0. The maximum atomic E-state index is 12.8. The van der Waals surface area contributed by atoms with Crippen LogP contribution in [0.3, 0.4) is 0 Å². The first-order valence-corrected chi connectivity index (χ1v) is 13.0. The summed E-state index contributed by atoms with van der Waals surface area (Å²) in [6, 6.07) is -5.51. The van der Waals surface area contributed by atoms with Gasteiger partial charge in [-0.15, -0.1) is 0 Å². The Hall–Kier alpha value is -4.52. The van der Waals surface area contributed by atoms with E-state index in [0.717, 1.165) is 4.90 Å². The third-order valence-corrected chi connectivity index (χ3v) is 6.01. The van der Waals surface area contributed by atoms with Gasteiger partial charge in [-0.25, -0.2) is 4.79 Å². The highest BCUT2D eigenvalue weighted by atomic mass is 16.4.